The highest BCUT2D eigenvalue weighted by Crippen LogP contribution is 2.27. The molecule has 0 atom stereocenters. The summed E-state index contributed by atoms with van der Waals surface area (Å²) < 4.78 is 0. The summed E-state index contributed by atoms with van der Waals surface area (Å²) in [6.07, 6.45) is 0.508. The van der Waals surface area contributed by atoms with Gasteiger partial charge in [-0.1, -0.05) is 40.2 Å². The van der Waals surface area contributed by atoms with E-state index in [9.17, 15) is 0 Å². The maximum absolute atomic E-state index is 8.86. The van der Waals surface area contributed by atoms with Crippen molar-refractivity contribution in [2.75, 3.05) is 11.4 Å². The summed E-state index contributed by atoms with van der Waals surface area (Å²) in [5.74, 6) is 0. The highest BCUT2D eigenvalue weighted by Gasteiger charge is 2.10. The number of benzene rings is 2. The van der Waals surface area contributed by atoms with E-state index in [1.54, 1.807) is 0 Å². The first-order valence-electron chi connectivity index (χ1n) is 6.61. The van der Waals surface area contributed by atoms with Crippen LogP contribution in [0.1, 0.15) is 17.5 Å². The predicted molar refractivity (Wildman–Crippen MR) is 87.5 cm³/mol. The van der Waals surface area contributed by atoms with Gasteiger partial charge in [-0.05, 0) is 42.3 Å². The van der Waals surface area contributed by atoms with Crippen LogP contribution in [0, 0.1) is 18.3 Å². The zero-order valence-corrected chi connectivity index (χ0v) is 13.1. The molecule has 102 valence electrons. The molecule has 0 spiro atoms. The average molecular weight is 329 g/mol. The number of hydrogen-bond acceptors (Lipinski definition) is 2. The molecule has 0 saturated heterocycles. The number of hydrogen-bond donors (Lipinski definition) is 0. The molecule has 0 aliphatic carbocycles. The Morgan fingerprint density at radius 1 is 1.10 bits per heavy atom. The molecule has 0 aliphatic rings. The Morgan fingerprint density at radius 2 is 1.85 bits per heavy atom. The second kappa shape index (κ2) is 7.12. The first-order valence-corrected chi connectivity index (χ1v) is 7.73. The predicted octanol–water partition coefficient (Wildman–Crippen LogP) is 4.94. The van der Waals surface area contributed by atoms with Gasteiger partial charge in [-0.2, -0.15) is 5.26 Å². The van der Waals surface area contributed by atoms with Crippen molar-refractivity contribution in [1.29, 1.82) is 5.26 Å². The van der Waals surface area contributed by atoms with Gasteiger partial charge in [0, 0.05) is 23.2 Å². The SMILES string of the molecule is Cc1cc(N(CCC#N)c2ccccc2)ccc1CBr. The van der Waals surface area contributed by atoms with Crippen LogP contribution in [0.4, 0.5) is 11.4 Å². The lowest BCUT2D eigenvalue weighted by molar-refractivity contribution is 0.946. The second-order valence-electron chi connectivity index (χ2n) is 4.64. The molecule has 2 nitrogen and oxygen atoms in total. The quantitative estimate of drug-likeness (QED) is 0.726. The van der Waals surface area contributed by atoms with Gasteiger partial charge in [-0.3, -0.25) is 0 Å². The highest BCUT2D eigenvalue weighted by atomic mass is 79.9. The maximum atomic E-state index is 8.86. The minimum absolute atomic E-state index is 0.508. The van der Waals surface area contributed by atoms with Crippen molar-refractivity contribution in [3.8, 4) is 6.07 Å². The van der Waals surface area contributed by atoms with Gasteiger partial charge in [0.15, 0.2) is 0 Å². The number of halogens is 1. The van der Waals surface area contributed by atoms with Gasteiger partial charge < -0.3 is 4.90 Å². The van der Waals surface area contributed by atoms with E-state index in [0.29, 0.717) is 13.0 Å². The van der Waals surface area contributed by atoms with Crippen LogP contribution in [0.25, 0.3) is 0 Å². The molecule has 0 heterocycles. The monoisotopic (exact) mass is 328 g/mol. The summed E-state index contributed by atoms with van der Waals surface area (Å²) >= 11 is 3.50. The molecule has 0 fully saturated rings. The lowest BCUT2D eigenvalue weighted by atomic mass is 10.1. The van der Waals surface area contributed by atoms with E-state index in [1.807, 2.05) is 18.2 Å². The fourth-order valence-corrected chi connectivity index (χ4v) is 2.80. The summed E-state index contributed by atoms with van der Waals surface area (Å²) in [5.41, 5.74) is 4.81. The topological polar surface area (TPSA) is 27.0 Å². The molecule has 3 heteroatoms. The number of aryl methyl sites for hydroxylation is 1. The lowest BCUT2D eigenvalue weighted by Crippen LogP contribution is -2.18. The van der Waals surface area contributed by atoms with E-state index in [-0.39, 0.29) is 0 Å². The average Bonchev–Trinajstić information content (AvgIpc) is 2.49. The molecule has 20 heavy (non-hydrogen) atoms. The van der Waals surface area contributed by atoms with Gasteiger partial charge in [-0.25, -0.2) is 0 Å². The van der Waals surface area contributed by atoms with Crippen molar-refractivity contribution in [2.24, 2.45) is 0 Å². The second-order valence-corrected chi connectivity index (χ2v) is 5.20. The zero-order valence-electron chi connectivity index (χ0n) is 11.5. The summed E-state index contributed by atoms with van der Waals surface area (Å²) in [6.45, 7) is 2.82. The largest absolute Gasteiger partial charge is 0.340 e. The Kier molecular flexibility index (Phi) is 5.20. The van der Waals surface area contributed by atoms with Crippen LogP contribution >= 0.6 is 15.9 Å². The van der Waals surface area contributed by atoms with Crippen molar-refractivity contribution in [3.63, 3.8) is 0 Å². The molecule has 2 rings (SSSR count). The van der Waals surface area contributed by atoms with Crippen LogP contribution < -0.4 is 4.90 Å². The van der Waals surface area contributed by atoms with Crippen LogP contribution in [0.15, 0.2) is 48.5 Å². The molecule has 0 bridgehead atoms. The van der Waals surface area contributed by atoms with Crippen molar-refractivity contribution >= 4 is 27.3 Å². The van der Waals surface area contributed by atoms with Crippen LogP contribution in [0.2, 0.25) is 0 Å². The summed E-state index contributed by atoms with van der Waals surface area (Å²) in [6, 6.07) is 18.9. The number of nitrogens with zero attached hydrogens (tertiary/aromatic N) is 2. The van der Waals surface area contributed by atoms with E-state index in [0.717, 1.165) is 16.7 Å². The Balaban J connectivity index is 2.36. The smallest absolute Gasteiger partial charge is 0.0640 e. The van der Waals surface area contributed by atoms with Crippen molar-refractivity contribution in [3.05, 3.63) is 59.7 Å². The number of anilines is 2. The Bertz CT molecular complexity index is 602. The minimum Gasteiger partial charge on any atom is -0.340 e. The third-order valence-corrected chi connectivity index (χ3v) is 3.90. The van der Waals surface area contributed by atoms with Crippen LogP contribution in [0.5, 0.6) is 0 Å². The lowest BCUT2D eigenvalue weighted by Gasteiger charge is -2.25. The van der Waals surface area contributed by atoms with Crippen LogP contribution in [0.3, 0.4) is 0 Å². The maximum Gasteiger partial charge on any atom is 0.0640 e. The standard InChI is InChI=1S/C17H17BrN2/c1-14-12-17(9-8-15(14)13-18)20(11-5-10-19)16-6-3-2-4-7-16/h2-4,6-9,12H,5,11,13H2,1H3. The van der Waals surface area contributed by atoms with Gasteiger partial charge >= 0.3 is 0 Å². The molecule has 0 radical (unpaired) electrons. The molecule has 0 unspecified atom stereocenters. The fourth-order valence-electron chi connectivity index (χ4n) is 2.17. The zero-order chi connectivity index (χ0) is 14.4. The minimum atomic E-state index is 0.508. The van der Waals surface area contributed by atoms with E-state index < -0.39 is 0 Å². The Hall–Kier alpha value is -1.79. The first kappa shape index (κ1) is 14.6. The van der Waals surface area contributed by atoms with Crippen molar-refractivity contribution < 1.29 is 0 Å². The van der Waals surface area contributed by atoms with E-state index >= 15 is 0 Å². The number of nitriles is 1. The summed E-state index contributed by atoms with van der Waals surface area (Å²) in [7, 11) is 0. The van der Waals surface area contributed by atoms with Crippen LogP contribution in [-0.4, -0.2) is 6.54 Å². The number of rotatable bonds is 5. The molecule has 0 saturated carbocycles. The van der Waals surface area contributed by atoms with Gasteiger partial charge in [0.2, 0.25) is 0 Å². The summed E-state index contributed by atoms with van der Waals surface area (Å²) in [4.78, 5) is 2.19. The van der Waals surface area contributed by atoms with E-state index in [4.69, 9.17) is 5.26 Å². The summed E-state index contributed by atoms with van der Waals surface area (Å²) in [5, 5.41) is 9.73. The van der Waals surface area contributed by atoms with Gasteiger partial charge in [0.25, 0.3) is 0 Å². The molecule has 2 aromatic carbocycles. The van der Waals surface area contributed by atoms with Gasteiger partial charge in [0.1, 0.15) is 0 Å². The Morgan fingerprint density at radius 3 is 2.45 bits per heavy atom. The van der Waals surface area contributed by atoms with Crippen molar-refractivity contribution in [2.45, 2.75) is 18.7 Å². The van der Waals surface area contributed by atoms with Gasteiger partial charge in [0.05, 0.1) is 12.5 Å². The molecule has 0 aliphatic heterocycles. The Labute approximate surface area is 128 Å². The number of para-hydroxylation sites is 1. The molecule has 0 N–H and O–H groups in total. The molecular formula is C17H17BrN2. The van der Waals surface area contributed by atoms with E-state index in [2.05, 4.69) is 64.2 Å². The van der Waals surface area contributed by atoms with Crippen LogP contribution in [-0.2, 0) is 5.33 Å². The third kappa shape index (κ3) is 3.40. The molecular weight excluding hydrogens is 312 g/mol. The van der Waals surface area contributed by atoms with Gasteiger partial charge in [-0.15, -0.1) is 0 Å². The molecule has 0 amide bonds. The fraction of sp³-hybridized carbons (Fsp3) is 0.235. The normalized spacial score (nSPS) is 10.1. The number of alkyl halides is 1. The highest BCUT2D eigenvalue weighted by molar-refractivity contribution is 9.08. The first-order chi connectivity index (χ1) is 9.76. The molecule has 2 aromatic rings. The van der Waals surface area contributed by atoms with E-state index in [1.165, 1.54) is 11.1 Å². The molecule has 0 aromatic heterocycles. The van der Waals surface area contributed by atoms with Crippen molar-refractivity contribution in [1.82, 2.24) is 0 Å². The third-order valence-electron chi connectivity index (χ3n) is 3.30.